The van der Waals surface area contributed by atoms with Crippen molar-refractivity contribution in [1.29, 1.82) is 0 Å². The Labute approximate surface area is 115 Å². The quantitative estimate of drug-likeness (QED) is 0.884. The molecule has 1 aromatic rings. The Kier molecular flexibility index (Phi) is 4.21. The Morgan fingerprint density at radius 3 is 3.26 bits per heavy atom. The number of hydrogen-bond donors (Lipinski definition) is 1. The number of nitrogens with one attached hydrogen (secondary N) is 1. The van der Waals surface area contributed by atoms with Crippen LogP contribution in [0.2, 0.25) is 0 Å². The molecule has 0 aromatic carbocycles. The van der Waals surface area contributed by atoms with Crippen molar-refractivity contribution < 1.29 is 9.15 Å². The van der Waals surface area contributed by atoms with E-state index in [-0.39, 0.29) is 0 Å². The van der Waals surface area contributed by atoms with Crippen LogP contribution in [0, 0.1) is 0 Å². The Bertz CT molecular complexity index is 405. The van der Waals surface area contributed by atoms with Gasteiger partial charge in [0.25, 0.3) is 0 Å². The summed E-state index contributed by atoms with van der Waals surface area (Å²) in [7, 11) is 0. The third-order valence-corrected chi connectivity index (χ3v) is 4.34. The first-order valence-corrected chi connectivity index (χ1v) is 7.50. The van der Waals surface area contributed by atoms with Gasteiger partial charge in [0.2, 0.25) is 0 Å². The molecule has 4 heteroatoms. The van der Waals surface area contributed by atoms with E-state index in [0.29, 0.717) is 12.1 Å². The highest BCUT2D eigenvalue weighted by molar-refractivity contribution is 5.17. The molecule has 2 unspecified atom stereocenters. The smallest absolute Gasteiger partial charge is 0.122 e. The Balaban J connectivity index is 1.65. The van der Waals surface area contributed by atoms with Gasteiger partial charge >= 0.3 is 0 Å². The molecule has 3 rings (SSSR count). The molecule has 2 aliphatic rings. The molecule has 106 valence electrons. The van der Waals surface area contributed by atoms with E-state index in [1.165, 1.54) is 24.8 Å². The van der Waals surface area contributed by atoms with Gasteiger partial charge in [0.05, 0.1) is 25.5 Å². The fourth-order valence-corrected chi connectivity index (χ4v) is 3.32. The molecular weight excluding hydrogens is 240 g/mol. The molecule has 0 spiro atoms. The number of nitrogens with zero attached hydrogens (tertiary/aromatic N) is 1. The van der Waals surface area contributed by atoms with E-state index < -0.39 is 0 Å². The molecule has 4 nitrogen and oxygen atoms in total. The van der Waals surface area contributed by atoms with Gasteiger partial charge in [-0.1, -0.05) is 6.92 Å². The molecule has 1 aliphatic carbocycles. The normalized spacial score (nSPS) is 27.6. The molecule has 2 heterocycles. The SMILES string of the molecule is CCNCc1occc1CN1CCOC2CCCC21. The van der Waals surface area contributed by atoms with Crippen LogP contribution in [0.1, 0.15) is 37.5 Å². The van der Waals surface area contributed by atoms with Crippen LogP contribution in [0.15, 0.2) is 16.7 Å². The molecule has 1 N–H and O–H groups in total. The second-order valence-electron chi connectivity index (χ2n) is 5.53. The minimum Gasteiger partial charge on any atom is -0.468 e. The standard InChI is InChI=1S/C15H24N2O2/c1-2-16-10-15-12(6-8-18-15)11-17-7-9-19-14-5-3-4-13(14)17/h6,8,13-14,16H,2-5,7,9-11H2,1H3. The third kappa shape index (κ3) is 2.86. The van der Waals surface area contributed by atoms with Crippen molar-refractivity contribution in [3.8, 4) is 0 Å². The maximum atomic E-state index is 5.87. The molecule has 1 aliphatic heterocycles. The predicted octanol–water partition coefficient (Wildman–Crippen LogP) is 2.14. The molecule has 1 aromatic heterocycles. The lowest BCUT2D eigenvalue weighted by Gasteiger charge is -2.37. The van der Waals surface area contributed by atoms with Crippen molar-refractivity contribution >= 4 is 0 Å². The predicted molar refractivity (Wildman–Crippen MR) is 73.9 cm³/mol. The van der Waals surface area contributed by atoms with Gasteiger partial charge in [0.1, 0.15) is 5.76 Å². The molecular formula is C15H24N2O2. The summed E-state index contributed by atoms with van der Waals surface area (Å²) in [5, 5.41) is 3.34. The first-order chi connectivity index (χ1) is 9.38. The van der Waals surface area contributed by atoms with Crippen LogP contribution >= 0.6 is 0 Å². The van der Waals surface area contributed by atoms with Crippen molar-refractivity contribution in [2.45, 2.75) is 51.4 Å². The average molecular weight is 264 g/mol. The lowest BCUT2D eigenvalue weighted by molar-refractivity contribution is -0.0589. The van der Waals surface area contributed by atoms with Crippen molar-refractivity contribution in [1.82, 2.24) is 10.2 Å². The number of fused-ring (bicyclic) bond motifs is 1. The second-order valence-corrected chi connectivity index (χ2v) is 5.53. The summed E-state index contributed by atoms with van der Waals surface area (Å²) in [6.07, 6.45) is 6.11. The fourth-order valence-electron chi connectivity index (χ4n) is 3.32. The summed E-state index contributed by atoms with van der Waals surface area (Å²) in [5.74, 6) is 1.09. The maximum Gasteiger partial charge on any atom is 0.122 e. The van der Waals surface area contributed by atoms with Crippen LogP contribution in [0.4, 0.5) is 0 Å². The first kappa shape index (κ1) is 13.2. The van der Waals surface area contributed by atoms with Gasteiger partial charge in [-0.05, 0) is 31.9 Å². The van der Waals surface area contributed by atoms with Crippen LogP contribution in [-0.2, 0) is 17.8 Å². The van der Waals surface area contributed by atoms with Gasteiger partial charge in [-0.2, -0.15) is 0 Å². The van der Waals surface area contributed by atoms with E-state index in [9.17, 15) is 0 Å². The minimum atomic E-state index is 0.470. The van der Waals surface area contributed by atoms with Crippen LogP contribution < -0.4 is 5.32 Å². The highest BCUT2D eigenvalue weighted by Crippen LogP contribution is 2.31. The zero-order chi connectivity index (χ0) is 13.1. The highest BCUT2D eigenvalue weighted by Gasteiger charge is 2.36. The molecule has 19 heavy (non-hydrogen) atoms. The number of ether oxygens (including phenoxy) is 1. The van der Waals surface area contributed by atoms with E-state index in [2.05, 4.69) is 23.2 Å². The Morgan fingerprint density at radius 2 is 2.37 bits per heavy atom. The van der Waals surface area contributed by atoms with Crippen LogP contribution in [0.25, 0.3) is 0 Å². The molecule has 2 atom stereocenters. The molecule has 1 saturated heterocycles. The van der Waals surface area contributed by atoms with Crippen molar-refractivity contribution in [3.63, 3.8) is 0 Å². The molecule has 0 bridgehead atoms. The monoisotopic (exact) mass is 264 g/mol. The number of morpholine rings is 1. The van der Waals surface area contributed by atoms with E-state index in [4.69, 9.17) is 9.15 Å². The van der Waals surface area contributed by atoms with Gasteiger partial charge in [-0.3, -0.25) is 4.90 Å². The minimum absolute atomic E-state index is 0.470. The first-order valence-electron chi connectivity index (χ1n) is 7.50. The number of furan rings is 1. The summed E-state index contributed by atoms with van der Waals surface area (Å²) in [5.41, 5.74) is 1.33. The third-order valence-electron chi connectivity index (χ3n) is 4.34. The van der Waals surface area contributed by atoms with E-state index in [0.717, 1.165) is 38.5 Å². The molecule has 0 amide bonds. The van der Waals surface area contributed by atoms with Crippen LogP contribution in [0.5, 0.6) is 0 Å². The van der Waals surface area contributed by atoms with Crippen LogP contribution in [0.3, 0.4) is 0 Å². The van der Waals surface area contributed by atoms with Crippen molar-refractivity contribution in [2.75, 3.05) is 19.7 Å². The van der Waals surface area contributed by atoms with Gasteiger partial charge in [-0.15, -0.1) is 0 Å². The van der Waals surface area contributed by atoms with E-state index in [1.54, 1.807) is 0 Å². The summed E-state index contributed by atoms with van der Waals surface area (Å²) in [6.45, 7) is 6.85. The van der Waals surface area contributed by atoms with Gasteiger partial charge in [0, 0.05) is 24.7 Å². The average Bonchev–Trinajstić information content (AvgIpc) is 3.05. The van der Waals surface area contributed by atoms with Crippen molar-refractivity contribution in [3.05, 3.63) is 23.7 Å². The summed E-state index contributed by atoms with van der Waals surface area (Å²) < 4.78 is 11.5. The largest absolute Gasteiger partial charge is 0.468 e. The zero-order valence-electron chi connectivity index (χ0n) is 11.7. The lowest BCUT2D eigenvalue weighted by Crippen LogP contribution is -2.47. The fraction of sp³-hybridized carbons (Fsp3) is 0.733. The van der Waals surface area contributed by atoms with E-state index in [1.807, 2.05) is 6.26 Å². The zero-order valence-corrected chi connectivity index (χ0v) is 11.7. The second kappa shape index (κ2) is 6.07. The summed E-state index contributed by atoms with van der Waals surface area (Å²) in [6, 6.07) is 2.74. The maximum absolute atomic E-state index is 5.87. The number of rotatable bonds is 5. The number of hydrogen-bond acceptors (Lipinski definition) is 4. The summed E-state index contributed by atoms with van der Waals surface area (Å²) in [4.78, 5) is 2.58. The molecule has 1 saturated carbocycles. The Hall–Kier alpha value is -0.840. The lowest BCUT2D eigenvalue weighted by atomic mass is 10.1. The Morgan fingerprint density at radius 1 is 1.42 bits per heavy atom. The van der Waals surface area contributed by atoms with Gasteiger partial charge in [-0.25, -0.2) is 0 Å². The van der Waals surface area contributed by atoms with E-state index >= 15 is 0 Å². The topological polar surface area (TPSA) is 37.6 Å². The molecule has 0 radical (unpaired) electrons. The highest BCUT2D eigenvalue weighted by atomic mass is 16.5. The van der Waals surface area contributed by atoms with Crippen LogP contribution in [-0.4, -0.2) is 36.7 Å². The molecule has 2 fully saturated rings. The van der Waals surface area contributed by atoms with Gasteiger partial charge in [0.15, 0.2) is 0 Å². The van der Waals surface area contributed by atoms with Crippen molar-refractivity contribution in [2.24, 2.45) is 0 Å². The van der Waals surface area contributed by atoms with Gasteiger partial charge < -0.3 is 14.5 Å². The summed E-state index contributed by atoms with van der Waals surface area (Å²) >= 11 is 0.